The van der Waals surface area contributed by atoms with E-state index >= 15 is 0 Å². The van der Waals surface area contributed by atoms with Gasteiger partial charge in [-0.15, -0.1) is 11.3 Å². The molecule has 3 N–H and O–H groups in total. The van der Waals surface area contributed by atoms with Crippen molar-refractivity contribution in [2.45, 2.75) is 32.2 Å². The van der Waals surface area contributed by atoms with Crippen LogP contribution in [0.2, 0.25) is 0 Å². The molecule has 0 radical (unpaired) electrons. The number of esters is 1. The lowest BCUT2D eigenvalue weighted by molar-refractivity contribution is -0.122. The second-order valence-corrected chi connectivity index (χ2v) is 7.32. The number of aryl methyl sites for hydroxylation is 1. The van der Waals surface area contributed by atoms with Crippen molar-refractivity contribution in [3.63, 3.8) is 0 Å². The van der Waals surface area contributed by atoms with Crippen LogP contribution in [-0.2, 0) is 20.7 Å². The Hall–Kier alpha value is -2.87. The summed E-state index contributed by atoms with van der Waals surface area (Å²) in [5.41, 5.74) is 1.80. The van der Waals surface area contributed by atoms with Gasteiger partial charge in [0.25, 0.3) is 0 Å². The van der Waals surface area contributed by atoms with E-state index in [1.807, 2.05) is 25.1 Å². The van der Waals surface area contributed by atoms with Gasteiger partial charge >= 0.3 is 5.97 Å². The van der Waals surface area contributed by atoms with E-state index in [9.17, 15) is 14.4 Å². The first-order chi connectivity index (χ1) is 13.0. The molecule has 2 aromatic rings. The van der Waals surface area contributed by atoms with Gasteiger partial charge in [0.15, 0.2) is 0 Å². The van der Waals surface area contributed by atoms with Crippen LogP contribution in [0.1, 0.15) is 35.0 Å². The van der Waals surface area contributed by atoms with Gasteiger partial charge in [0.05, 0.1) is 30.5 Å². The summed E-state index contributed by atoms with van der Waals surface area (Å²) in [5, 5.41) is 9.07. The van der Waals surface area contributed by atoms with Crippen LogP contribution < -0.4 is 16.0 Å². The summed E-state index contributed by atoms with van der Waals surface area (Å²) in [6, 6.07) is 8.37. The molecule has 0 bridgehead atoms. The molecule has 142 valence electrons. The molecule has 0 saturated carbocycles. The van der Waals surface area contributed by atoms with Crippen LogP contribution in [0.3, 0.4) is 0 Å². The van der Waals surface area contributed by atoms with Gasteiger partial charge in [0.2, 0.25) is 11.8 Å². The summed E-state index contributed by atoms with van der Waals surface area (Å²) in [4.78, 5) is 37.7. The molecule has 0 saturated heterocycles. The molecule has 2 amide bonds. The van der Waals surface area contributed by atoms with Crippen LogP contribution in [0, 0.1) is 0 Å². The number of ether oxygens (including phenoxy) is 1. The largest absolute Gasteiger partial charge is 0.465 e. The molecular weight excluding hydrogens is 366 g/mol. The Morgan fingerprint density at radius 3 is 2.70 bits per heavy atom. The predicted molar refractivity (Wildman–Crippen MR) is 105 cm³/mol. The Balaban J connectivity index is 1.71. The third-order valence-electron chi connectivity index (χ3n) is 4.16. The van der Waals surface area contributed by atoms with Crippen molar-refractivity contribution < 1.29 is 19.1 Å². The zero-order valence-electron chi connectivity index (χ0n) is 15.1. The smallest absolute Gasteiger partial charge is 0.340 e. The minimum absolute atomic E-state index is 0.0538. The highest BCUT2D eigenvalue weighted by atomic mass is 32.1. The zero-order chi connectivity index (χ0) is 19.4. The van der Waals surface area contributed by atoms with Crippen LogP contribution in [0.4, 0.5) is 16.4 Å². The van der Waals surface area contributed by atoms with Crippen LogP contribution in [0.15, 0.2) is 30.3 Å². The number of amides is 2. The number of carbonyl (C=O) groups is 3. The van der Waals surface area contributed by atoms with E-state index in [0.29, 0.717) is 16.3 Å². The number of fused-ring (bicyclic) bond motifs is 1. The number of nitrogens with one attached hydrogen (secondary N) is 3. The lowest BCUT2D eigenvalue weighted by Gasteiger charge is -2.26. The molecule has 1 atom stereocenters. The zero-order valence-corrected chi connectivity index (χ0v) is 15.9. The van der Waals surface area contributed by atoms with E-state index in [4.69, 9.17) is 4.74 Å². The number of benzene rings is 1. The fourth-order valence-electron chi connectivity index (χ4n) is 2.86. The lowest BCUT2D eigenvalue weighted by Crippen LogP contribution is -2.41. The molecule has 0 fully saturated rings. The molecule has 0 aliphatic carbocycles. The topological polar surface area (TPSA) is 96.5 Å². The fraction of sp³-hybridized carbons (Fsp3) is 0.316. The minimum Gasteiger partial charge on any atom is -0.465 e. The SMILES string of the molecule is CCCc1cc(C(=O)OC)c(NC(=O)C[C@@H]2Nc3ccccc3NC2=O)s1. The Kier molecular flexibility index (Phi) is 5.75. The Labute approximate surface area is 161 Å². The van der Waals surface area contributed by atoms with E-state index < -0.39 is 12.0 Å². The lowest BCUT2D eigenvalue weighted by atomic mass is 10.1. The maximum atomic E-state index is 12.5. The summed E-state index contributed by atoms with van der Waals surface area (Å²) in [6.07, 6.45) is 1.69. The van der Waals surface area contributed by atoms with E-state index in [-0.39, 0.29) is 18.2 Å². The normalized spacial score (nSPS) is 15.3. The summed E-state index contributed by atoms with van der Waals surface area (Å²) in [6.45, 7) is 2.04. The summed E-state index contributed by atoms with van der Waals surface area (Å²) >= 11 is 1.35. The third kappa shape index (κ3) is 4.28. The predicted octanol–water partition coefficient (Wildman–Crippen LogP) is 3.25. The molecule has 1 aliphatic heterocycles. The monoisotopic (exact) mass is 387 g/mol. The van der Waals surface area contributed by atoms with E-state index in [1.54, 1.807) is 12.1 Å². The maximum absolute atomic E-state index is 12.5. The van der Waals surface area contributed by atoms with Gasteiger partial charge in [0.1, 0.15) is 11.0 Å². The van der Waals surface area contributed by atoms with Gasteiger partial charge in [-0.3, -0.25) is 9.59 Å². The molecule has 0 unspecified atom stereocenters. The average molecular weight is 387 g/mol. The molecular formula is C19H21N3O4S. The number of rotatable bonds is 6. The van der Waals surface area contributed by atoms with Crippen molar-refractivity contribution in [3.8, 4) is 0 Å². The molecule has 1 aliphatic rings. The Morgan fingerprint density at radius 1 is 1.26 bits per heavy atom. The second-order valence-electron chi connectivity index (χ2n) is 6.18. The summed E-state index contributed by atoms with van der Waals surface area (Å²) < 4.78 is 4.80. The van der Waals surface area contributed by atoms with Gasteiger partial charge in [-0.2, -0.15) is 0 Å². The Morgan fingerprint density at radius 2 is 2.00 bits per heavy atom. The first-order valence-electron chi connectivity index (χ1n) is 8.69. The van der Waals surface area contributed by atoms with Gasteiger partial charge in [0, 0.05) is 4.88 Å². The first-order valence-corrected chi connectivity index (χ1v) is 9.50. The van der Waals surface area contributed by atoms with Gasteiger partial charge in [-0.05, 0) is 24.6 Å². The summed E-state index contributed by atoms with van der Waals surface area (Å²) in [7, 11) is 1.30. The van der Waals surface area contributed by atoms with E-state index in [1.165, 1.54) is 18.4 Å². The quantitative estimate of drug-likeness (QED) is 0.661. The number of hydrogen-bond acceptors (Lipinski definition) is 6. The molecule has 2 heterocycles. The van der Waals surface area contributed by atoms with Crippen LogP contribution in [-0.4, -0.2) is 30.9 Å². The molecule has 27 heavy (non-hydrogen) atoms. The van der Waals surface area contributed by atoms with Gasteiger partial charge < -0.3 is 20.7 Å². The highest BCUT2D eigenvalue weighted by molar-refractivity contribution is 7.16. The maximum Gasteiger partial charge on any atom is 0.340 e. The first kappa shape index (κ1) is 18.9. The molecule has 7 nitrogen and oxygen atoms in total. The number of hydrogen-bond donors (Lipinski definition) is 3. The summed E-state index contributed by atoms with van der Waals surface area (Å²) in [5.74, 6) is -1.11. The number of para-hydroxylation sites is 2. The van der Waals surface area contributed by atoms with Crippen LogP contribution in [0.25, 0.3) is 0 Å². The van der Waals surface area contributed by atoms with Crippen molar-refractivity contribution in [1.29, 1.82) is 0 Å². The van der Waals surface area contributed by atoms with Crippen molar-refractivity contribution in [2.75, 3.05) is 23.1 Å². The van der Waals surface area contributed by atoms with Gasteiger partial charge in [-0.1, -0.05) is 25.5 Å². The van der Waals surface area contributed by atoms with Crippen LogP contribution >= 0.6 is 11.3 Å². The number of thiophene rings is 1. The van der Waals surface area contributed by atoms with E-state index in [0.717, 1.165) is 23.4 Å². The van der Waals surface area contributed by atoms with Crippen molar-refractivity contribution >= 4 is 45.5 Å². The Bertz CT molecular complexity index is 878. The highest BCUT2D eigenvalue weighted by Crippen LogP contribution is 2.31. The number of anilines is 3. The molecule has 1 aromatic carbocycles. The van der Waals surface area contributed by atoms with E-state index in [2.05, 4.69) is 16.0 Å². The molecule has 0 spiro atoms. The highest BCUT2D eigenvalue weighted by Gasteiger charge is 2.28. The average Bonchev–Trinajstić information content (AvgIpc) is 3.04. The number of carbonyl (C=O) groups excluding carboxylic acids is 3. The van der Waals surface area contributed by atoms with Crippen molar-refractivity contribution in [3.05, 3.63) is 40.8 Å². The molecule has 8 heteroatoms. The number of methoxy groups -OCH3 is 1. The van der Waals surface area contributed by atoms with Gasteiger partial charge in [-0.25, -0.2) is 4.79 Å². The van der Waals surface area contributed by atoms with Crippen molar-refractivity contribution in [1.82, 2.24) is 0 Å². The van der Waals surface area contributed by atoms with Crippen molar-refractivity contribution in [2.24, 2.45) is 0 Å². The van der Waals surface area contributed by atoms with Crippen LogP contribution in [0.5, 0.6) is 0 Å². The third-order valence-corrected chi connectivity index (χ3v) is 5.27. The molecule has 3 rings (SSSR count). The second kappa shape index (κ2) is 8.22. The standard InChI is InChI=1S/C19H21N3O4S/c1-3-6-11-9-12(19(25)26-2)18(27-11)22-16(23)10-15-17(24)21-14-8-5-4-7-13(14)20-15/h4-5,7-9,15,20H,3,6,10H2,1-2H3,(H,21,24)(H,22,23)/t15-/m0/s1. The fourth-order valence-corrected chi connectivity index (χ4v) is 4.03. The molecule has 1 aromatic heterocycles. The minimum atomic E-state index is -0.684.